The van der Waals surface area contributed by atoms with Gasteiger partial charge in [0.1, 0.15) is 12.7 Å². The lowest BCUT2D eigenvalue weighted by Crippen LogP contribution is -2.46. The van der Waals surface area contributed by atoms with Gasteiger partial charge in [0.05, 0.1) is 12.8 Å². The number of ether oxygens (including phenoxy) is 2. The van der Waals surface area contributed by atoms with E-state index >= 15 is 0 Å². The third-order valence-corrected chi connectivity index (χ3v) is 6.66. The number of methoxy groups -OCH3 is 1. The first-order valence-electron chi connectivity index (χ1n) is 13.4. The molecule has 2 heterocycles. The number of terminal acetylenes is 1. The minimum Gasteiger partial charge on any atom is -0.493 e. The van der Waals surface area contributed by atoms with Crippen LogP contribution >= 0.6 is 0 Å². The van der Waals surface area contributed by atoms with E-state index in [2.05, 4.69) is 32.8 Å². The highest BCUT2D eigenvalue weighted by atomic mass is 16.5. The maximum absolute atomic E-state index is 10.9. The van der Waals surface area contributed by atoms with Crippen LogP contribution in [-0.2, 0) is 16.1 Å². The number of aliphatic carboxylic acids is 2. The van der Waals surface area contributed by atoms with Crippen molar-refractivity contribution in [1.29, 1.82) is 0 Å². The lowest BCUT2D eigenvalue weighted by atomic mass is 10.0. The molecule has 0 amide bonds. The number of piperazine rings is 1. The molecular formula is C31H35N3O9. The Hall–Kier alpha value is -4.67. The number of aromatic nitrogens is 1. The van der Waals surface area contributed by atoms with E-state index in [1.165, 1.54) is 5.56 Å². The van der Waals surface area contributed by atoms with Crippen LogP contribution in [0.3, 0.4) is 0 Å². The number of hydrogen-bond acceptors (Lipinski definition) is 10. The predicted octanol–water partition coefficient (Wildman–Crippen LogP) is 1.38. The third-order valence-electron chi connectivity index (χ3n) is 6.66. The van der Waals surface area contributed by atoms with Crippen molar-refractivity contribution in [3.05, 3.63) is 83.7 Å². The van der Waals surface area contributed by atoms with E-state index in [0.29, 0.717) is 17.2 Å². The van der Waals surface area contributed by atoms with Gasteiger partial charge < -0.3 is 39.9 Å². The summed E-state index contributed by atoms with van der Waals surface area (Å²) in [5.41, 5.74) is 3.77. The molecular weight excluding hydrogens is 558 g/mol. The summed E-state index contributed by atoms with van der Waals surface area (Å²) in [7, 11) is 1.64. The van der Waals surface area contributed by atoms with E-state index in [-0.39, 0.29) is 6.61 Å². The Morgan fingerprint density at radius 2 is 1.58 bits per heavy atom. The van der Waals surface area contributed by atoms with Crippen molar-refractivity contribution >= 4 is 17.6 Å². The molecule has 1 saturated heterocycles. The van der Waals surface area contributed by atoms with Crippen molar-refractivity contribution in [2.75, 3.05) is 44.8 Å². The average Bonchev–Trinajstić information content (AvgIpc) is 3.04. The average molecular weight is 594 g/mol. The molecule has 1 fully saturated rings. The molecule has 0 radical (unpaired) electrons. The predicted molar refractivity (Wildman–Crippen MR) is 157 cm³/mol. The quantitative estimate of drug-likeness (QED) is 0.203. The fourth-order valence-electron chi connectivity index (χ4n) is 4.43. The number of pyridine rings is 1. The molecule has 2 aromatic carbocycles. The minimum atomic E-state index is -2.27. The number of aliphatic hydroxyl groups excluding tert-OH is 3. The summed E-state index contributed by atoms with van der Waals surface area (Å²) in [6.45, 7) is 4.66. The second-order valence-corrected chi connectivity index (χ2v) is 9.52. The van der Waals surface area contributed by atoms with Crippen molar-refractivity contribution in [3.63, 3.8) is 0 Å². The normalized spacial score (nSPS) is 15.2. The van der Waals surface area contributed by atoms with Gasteiger partial charge in [-0.1, -0.05) is 36.3 Å². The zero-order valence-electron chi connectivity index (χ0n) is 23.6. The highest BCUT2D eigenvalue weighted by Gasteiger charge is 2.29. The second kappa shape index (κ2) is 16.1. The van der Waals surface area contributed by atoms with Crippen LogP contribution in [0.25, 0.3) is 0 Å². The number of benzene rings is 2. The number of rotatable bonds is 11. The molecule has 43 heavy (non-hydrogen) atoms. The van der Waals surface area contributed by atoms with Gasteiger partial charge in [-0.15, -0.1) is 6.42 Å². The van der Waals surface area contributed by atoms with Crippen LogP contribution in [-0.4, -0.2) is 99.5 Å². The van der Waals surface area contributed by atoms with Crippen LogP contribution in [0.2, 0.25) is 0 Å². The summed E-state index contributed by atoms with van der Waals surface area (Å²) in [5.74, 6) is 0.291. The van der Waals surface area contributed by atoms with Gasteiger partial charge in [-0.3, -0.25) is 9.88 Å². The van der Waals surface area contributed by atoms with E-state index < -0.39 is 30.3 Å². The molecule has 0 saturated carbocycles. The van der Waals surface area contributed by atoms with Gasteiger partial charge in [-0.05, 0) is 35.9 Å². The van der Waals surface area contributed by atoms with E-state index in [0.717, 1.165) is 44.0 Å². The molecule has 12 heteroatoms. The maximum atomic E-state index is 10.9. The fraction of sp³-hybridized carbons (Fsp3) is 0.323. The summed E-state index contributed by atoms with van der Waals surface area (Å²) in [6, 6.07) is 19.6. The molecule has 3 aromatic rings. The van der Waals surface area contributed by atoms with Crippen LogP contribution in [0, 0.1) is 12.3 Å². The molecule has 3 atom stereocenters. The van der Waals surface area contributed by atoms with Crippen molar-refractivity contribution in [3.8, 4) is 23.8 Å². The van der Waals surface area contributed by atoms with Crippen molar-refractivity contribution in [1.82, 2.24) is 9.88 Å². The molecule has 0 spiro atoms. The highest BCUT2D eigenvalue weighted by molar-refractivity contribution is 5.83. The maximum Gasteiger partial charge on any atom is 0.335 e. The van der Waals surface area contributed by atoms with Gasteiger partial charge >= 0.3 is 11.9 Å². The first-order chi connectivity index (χ1) is 20.7. The Morgan fingerprint density at radius 3 is 2.16 bits per heavy atom. The molecule has 0 bridgehead atoms. The van der Waals surface area contributed by atoms with Crippen LogP contribution in [0.4, 0.5) is 5.69 Å². The molecule has 1 aliphatic heterocycles. The monoisotopic (exact) mass is 593 g/mol. The summed E-state index contributed by atoms with van der Waals surface area (Å²) in [6.07, 6.45) is 1.72. The summed E-state index contributed by atoms with van der Waals surface area (Å²) in [5, 5.41) is 43.5. The van der Waals surface area contributed by atoms with Gasteiger partial charge in [0.2, 0.25) is 0 Å². The third kappa shape index (κ3) is 9.16. The Balaban J connectivity index is 0.000000436. The largest absolute Gasteiger partial charge is 0.493 e. The Bertz CT molecular complexity index is 1370. The number of carboxylic acids is 2. The zero-order chi connectivity index (χ0) is 31.4. The summed E-state index contributed by atoms with van der Waals surface area (Å²) < 4.78 is 11.0. The smallest absolute Gasteiger partial charge is 0.335 e. The van der Waals surface area contributed by atoms with Crippen molar-refractivity contribution in [2.24, 2.45) is 0 Å². The van der Waals surface area contributed by atoms with Gasteiger partial charge in [-0.2, -0.15) is 0 Å². The molecule has 1 aromatic heterocycles. The SMILES string of the molecule is C#CCOc1ccc(CN2CCN(c3ccccc3C(O)c3ccccn3)CC2)cc1OC.O=C(O)C(O)C(O)C(=O)O. The van der Waals surface area contributed by atoms with E-state index in [1.807, 2.05) is 48.5 Å². The summed E-state index contributed by atoms with van der Waals surface area (Å²) in [4.78, 5) is 28.6. The Kier molecular flexibility index (Phi) is 12.3. The van der Waals surface area contributed by atoms with Crippen LogP contribution < -0.4 is 14.4 Å². The first kappa shape index (κ1) is 32.8. The van der Waals surface area contributed by atoms with Crippen molar-refractivity contribution in [2.45, 2.75) is 24.9 Å². The topological polar surface area (TPSA) is 173 Å². The number of anilines is 1. The van der Waals surface area contributed by atoms with E-state index in [4.69, 9.17) is 36.3 Å². The van der Waals surface area contributed by atoms with Crippen LogP contribution in [0.5, 0.6) is 11.5 Å². The molecule has 3 unspecified atom stereocenters. The van der Waals surface area contributed by atoms with Gasteiger partial charge in [0, 0.05) is 50.2 Å². The van der Waals surface area contributed by atoms with Gasteiger partial charge in [-0.25, -0.2) is 9.59 Å². The zero-order valence-corrected chi connectivity index (χ0v) is 23.6. The molecule has 1 aliphatic rings. The van der Waals surface area contributed by atoms with Gasteiger partial charge in [0.25, 0.3) is 0 Å². The lowest BCUT2D eigenvalue weighted by molar-refractivity contribution is -0.165. The standard InChI is InChI=1S/C27H29N3O3.C4H6O6/c1-3-18-33-25-12-11-21(19-26(25)32-2)20-29-14-16-30(17-15-29)24-10-5-4-8-22(24)27(31)23-9-6-7-13-28-23;5-1(3(7)8)2(6)4(9)10/h1,4-13,19,27,31H,14-18,20H2,2H3;1-2,5-6H,(H,7,8)(H,9,10). The molecule has 228 valence electrons. The van der Waals surface area contributed by atoms with Crippen LogP contribution in [0.15, 0.2) is 66.9 Å². The Labute approximate surface area is 249 Å². The van der Waals surface area contributed by atoms with Crippen LogP contribution in [0.1, 0.15) is 22.9 Å². The molecule has 5 N–H and O–H groups in total. The number of carbonyl (C=O) groups is 2. The Morgan fingerprint density at radius 1 is 0.930 bits per heavy atom. The number of aliphatic hydroxyl groups is 3. The van der Waals surface area contributed by atoms with E-state index in [9.17, 15) is 14.7 Å². The van der Waals surface area contributed by atoms with Gasteiger partial charge in [0.15, 0.2) is 23.7 Å². The number of carboxylic acid groups (broad SMARTS) is 2. The first-order valence-corrected chi connectivity index (χ1v) is 13.4. The minimum absolute atomic E-state index is 0.216. The highest BCUT2D eigenvalue weighted by Crippen LogP contribution is 2.31. The second-order valence-electron chi connectivity index (χ2n) is 9.52. The fourth-order valence-corrected chi connectivity index (χ4v) is 4.43. The number of hydrogen-bond donors (Lipinski definition) is 5. The number of nitrogens with zero attached hydrogens (tertiary/aromatic N) is 3. The molecule has 12 nitrogen and oxygen atoms in total. The van der Waals surface area contributed by atoms with E-state index in [1.54, 1.807) is 13.3 Å². The molecule has 4 rings (SSSR count). The molecule has 0 aliphatic carbocycles. The summed E-state index contributed by atoms with van der Waals surface area (Å²) >= 11 is 0. The lowest BCUT2D eigenvalue weighted by Gasteiger charge is -2.37. The van der Waals surface area contributed by atoms with Crippen molar-refractivity contribution < 1.29 is 44.6 Å². The number of para-hydroxylation sites is 1.